The molecule has 0 fully saturated rings. The molecule has 1 N–H and O–H groups in total. The van der Waals surface area contributed by atoms with Crippen LogP contribution in [0.3, 0.4) is 0 Å². The minimum absolute atomic E-state index is 0.175. The first-order valence-corrected chi connectivity index (χ1v) is 6.81. The predicted octanol–water partition coefficient (Wildman–Crippen LogP) is 5.55. The molecule has 0 saturated heterocycles. The lowest BCUT2D eigenvalue weighted by Crippen LogP contribution is -2.08. The normalized spacial score (nSPS) is 12.3. The number of hydrogen-bond acceptors (Lipinski definition) is 1. The van der Waals surface area contributed by atoms with E-state index in [2.05, 4.69) is 21.2 Å². The predicted molar refractivity (Wildman–Crippen MR) is 77.5 cm³/mol. The van der Waals surface area contributed by atoms with Gasteiger partial charge in [-0.3, -0.25) is 0 Å². The Kier molecular flexibility index (Phi) is 4.42. The topological polar surface area (TPSA) is 12.0 Å². The Balaban J connectivity index is 2.25. The molecule has 0 aromatic heterocycles. The summed E-state index contributed by atoms with van der Waals surface area (Å²) in [6, 6.07) is 8.42. The van der Waals surface area contributed by atoms with Crippen LogP contribution < -0.4 is 5.32 Å². The van der Waals surface area contributed by atoms with Crippen LogP contribution >= 0.6 is 27.5 Å². The molecular formula is C14H11BrClF2N. The van der Waals surface area contributed by atoms with E-state index in [4.69, 9.17) is 11.6 Å². The van der Waals surface area contributed by atoms with Crippen LogP contribution in [0.15, 0.2) is 40.9 Å². The average molecular weight is 347 g/mol. The zero-order valence-corrected chi connectivity index (χ0v) is 12.4. The maximum atomic E-state index is 13.2. The Hall–Kier alpha value is -1.13. The second-order valence-corrected chi connectivity index (χ2v) is 5.42. The summed E-state index contributed by atoms with van der Waals surface area (Å²) in [5.41, 5.74) is 1.37. The SMILES string of the molecule is CC(Nc1cc(F)ccc1Br)c1ccc(F)cc1Cl. The lowest BCUT2D eigenvalue weighted by molar-refractivity contribution is 0.626. The van der Waals surface area contributed by atoms with Crippen molar-refractivity contribution in [1.82, 2.24) is 0 Å². The fourth-order valence-electron chi connectivity index (χ4n) is 1.77. The summed E-state index contributed by atoms with van der Waals surface area (Å²) in [4.78, 5) is 0. The Labute approximate surface area is 123 Å². The van der Waals surface area contributed by atoms with E-state index in [-0.39, 0.29) is 17.7 Å². The summed E-state index contributed by atoms with van der Waals surface area (Å²) in [5, 5.41) is 3.47. The van der Waals surface area contributed by atoms with Gasteiger partial charge in [-0.2, -0.15) is 0 Å². The van der Waals surface area contributed by atoms with E-state index < -0.39 is 0 Å². The van der Waals surface area contributed by atoms with Crippen molar-refractivity contribution in [2.45, 2.75) is 13.0 Å². The third kappa shape index (κ3) is 3.45. The van der Waals surface area contributed by atoms with Gasteiger partial charge in [0.2, 0.25) is 0 Å². The summed E-state index contributed by atoms with van der Waals surface area (Å²) < 4.78 is 26.9. The lowest BCUT2D eigenvalue weighted by atomic mass is 10.1. The number of benzene rings is 2. The van der Waals surface area contributed by atoms with Crippen molar-refractivity contribution in [3.8, 4) is 0 Å². The van der Waals surface area contributed by atoms with Gasteiger partial charge in [-0.15, -0.1) is 0 Å². The fourth-order valence-corrected chi connectivity index (χ4v) is 2.46. The van der Waals surface area contributed by atoms with Crippen LogP contribution in [0, 0.1) is 11.6 Å². The van der Waals surface area contributed by atoms with E-state index in [0.717, 1.165) is 10.0 Å². The van der Waals surface area contributed by atoms with Crippen molar-refractivity contribution in [2.75, 3.05) is 5.32 Å². The third-order valence-corrected chi connectivity index (χ3v) is 3.75. The molecule has 0 amide bonds. The highest BCUT2D eigenvalue weighted by Crippen LogP contribution is 2.30. The summed E-state index contributed by atoms with van der Waals surface area (Å²) >= 11 is 9.34. The van der Waals surface area contributed by atoms with Crippen molar-refractivity contribution >= 4 is 33.2 Å². The number of nitrogens with one attached hydrogen (secondary N) is 1. The van der Waals surface area contributed by atoms with Gasteiger partial charge in [-0.1, -0.05) is 17.7 Å². The van der Waals surface area contributed by atoms with Gasteiger partial charge in [0.25, 0.3) is 0 Å². The van der Waals surface area contributed by atoms with Crippen LogP contribution in [0.2, 0.25) is 5.02 Å². The average Bonchev–Trinajstić information content (AvgIpc) is 2.33. The molecule has 1 nitrogen and oxygen atoms in total. The highest BCUT2D eigenvalue weighted by atomic mass is 79.9. The molecule has 100 valence electrons. The van der Waals surface area contributed by atoms with Gasteiger partial charge in [-0.05, 0) is 58.7 Å². The van der Waals surface area contributed by atoms with E-state index in [1.54, 1.807) is 12.1 Å². The molecule has 2 aromatic carbocycles. The van der Waals surface area contributed by atoms with Crippen LogP contribution in [-0.4, -0.2) is 0 Å². The molecule has 2 rings (SSSR count). The van der Waals surface area contributed by atoms with Crippen molar-refractivity contribution in [1.29, 1.82) is 0 Å². The molecular weight excluding hydrogens is 336 g/mol. The highest BCUT2D eigenvalue weighted by molar-refractivity contribution is 9.10. The zero-order valence-electron chi connectivity index (χ0n) is 10.1. The number of anilines is 1. The van der Waals surface area contributed by atoms with E-state index in [9.17, 15) is 8.78 Å². The quantitative estimate of drug-likeness (QED) is 0.768. The van der Waals surface area contributed by atoms with Gasteiger partial charge in [-0.25, -0.2) is 8.78 Å². The molecule has 0 aliphatic carbocycles. The molecule has 2 aromatic rings. The molecule has 19 heavy (non-hydrogen) atoms. The molecule has 0 aliphatic heterocycles. The first-order chi connectivity index (χ1) is 8.97. The number of rotatable bonds is 3. The molecule has 1 unspecified atom stereocenters. The molecule has 0 spiro atoms. The molecule has 0 aliphatic rings. The zero-order chi connectivity index (χ0) is 14.0. The largest absolute Gasteiger partial charge is 0.377 e. The van der Waals surface area contributed by atoms with Crippen LogP contribution in [0.4, 0.5) is 14.5 Å². The summed E-state index contributed by atoms with van der Waals surface area (Å²) in [7, 11) is 0. The van der Waals surface area contributed by atoms with Gasteiger partial charge in [0, 0.05) is 9.50 Å². The summed E-state index contributed by atoms with van der Waals surface area (Å²) in [5.74, 6) is -0.712. The Morgan fingerprint density at radius 3 is 2.42 bits per heavy atom. The summed E-state index contributed by atoms with van der Waals surface area (Å²) in [6.45, 7) is 1.87. The van der Waals surface area contributed by atoms with Crippen molar-refractivity contribution in [3.63, 3.8) is 0 Å². The first-order valence-electron chi connectivity index (χ1n) is 5.64. The molecule has 5 heteroatoms. The molecule has 0 radical (unpaired) electrons. The molecule has 0 bridgehead atoms. The standard InChI is InChI=1S/C14H11BrClF2N/c1-8(11-4-2-9(17)6-13(11)16)19-14-7-10(18)3-5-12(14)15/h2-8,19H,1H3. The van der Waals surface area contributed by atoms with Gasteiger partial charge < -0.3 is 5.32 Å². The number of hydrogen-bond donors (Lipinski definition) is 1. The van der Waals surface area contributed by atoms with Crippen molar-refractivity contribution < 1.29 is 8.78 Å². The van der Waals surface area contributed by atoms with Crippen LogP contribution in [0.25, 0.3) is 0 Å². The minimum Gasteiger partial charge on any atom is -0.377 e. The molecule has 1 atom stereocenters. The maximum absolute atomic E-state index is 13.2. The third-order valence-electron chi connectivity index (χ3n) is 2.73. The van der Waals surface area contributed by atoms with Crippen molar-refractivity contribution in [3.05, 3.63) is 63.1 Å². The Bertz CT molecular complexity index is 604. The molecule has 0 heterocycles. The fraction of sp³-hybridized carbons (Fsp3) is 0.143. The smallest absolute Gasteiger partial charge is 0.125 e. The van der Waals surface area contributed by atoms with Crippen LogP contribution in [0.5, 0.6) is 0 Å². The van der Waals surface area contributed by atoms with Crippen molar-refractivity contribution in [2.24, 2.45) is 0 Å². The van der Waals surface area contributed by atoms with E-state index in [0.29, 0.717) is 10.7 Å². The second kappa shape index (κ2) is 5.88. The Morgan fingerprint density at radius 2 is 1.74 bits per heavy atom. The van der Waals surface area contributed by atoms with Gasteiger partial charge in [0.05, 0.1) is 11.7 Å². The minimum atomic E-state index is -0.382. The maximum Gasteiger partial charge on any atom is 0.125 e. The monoisotopic (exact) mass is 345 g/mol. The summed E-state index contributed by atoms with van der Waals surface area (Å²) in [6.07, 6.45) is 0. The lowest BCUT2D eigenvalue weighted by Gasteiger charge is -2.18. The van der Waals surface area contributed by atoms with Crippen LogP contribution in [0.1, 0.15) is 18.5 Å². The Morgan fingerprint density at radius 1 is 1.11 bits per heavy atom. The van der Waals surface area contributed by atoms with Gasteiger partial charge in [0.1, 0.15) is 11.6 Å². The van der Waals surface area contributed by atoms with E-state index in [1.165, 1.54) is 24.3 Å². The van der Waals surface area contributed by atoms with Crippen LogP contribution in [-0.2, 0) is 0 Å². The van der Waals surface area contributed by atoms with Gasteiger partial charge >= 0.3 is 0 Å². The van der Waals surface area contributed by atoms with E-state index in [1.807, 2.05) is 6.92 Å². The first kappa shape index (κ1) is 14.3. The van der Waals surface area contributed by atoms with E-state index >= 15 is 0 Å². The number of halogens is 4. The second-order valence-electron chi connectivity index (χ2n) is 4.16. The molecule has 0 saturated carbocycles. The van der Waals surface area contributed by atoms with Gasteiger partial charge in [0.15, 0.2) is 0 Å². The highest BCUT2D eigenvalue weighted by Gasteiger charge is 2.12.